The van der Waals surface area contributed by atoms with Gasteiger partial charge in [0.1, 0.15) is 12.4 Å². The first kappa shape index (κ1) is 17.6. The number of carbonyl (C=O) groups is 1. The summed E-state index contributed by atoms with van der Waals surface area (Å²) in [5.41, 5.74) is 1.86. The van der Waals surface area contributed by atoms with Crippen LogP contribution in [0.5, 0.6) is 5.75 Å². The molecule has 0 fully saturated rings. The molecule has 0 aliphatic rings. The van der Waals surface area contributed by atoms with Gasteiger partial charge in [-0.05, 0) is 48.4 Å². The van der Waals surface area contributed by atoms with Crippen LogP contribution in [0.2, 0.25) is 5.02 Å². The molecule has 0 unspecified atom stereocenters. The predicted octanol–water partition coefficient (Wildman–Crippen LogP) is 5.26. The number of esters is 1. The molecule has 0 radical (unpaired) electrons. The number of carbonyl (C=O) groups excluding carboxylic acids is 1. The average molecular weight is 396 g/mol. The highest BCUT2D eigenvalue weighted by atomic mass is 79.9. The summed E-state index contributed by atoms with van der Waals surface area (Å²) >= 11 is 9.61. The molecule has 0 bridgehead atoms. The van der Waals surface area contributed by atoms with Crippen LogP contribution in [-0.4, -0.2) is 12.6 Å². The summed E-state index contributed by atoms with van der Waals surface area (Å²) < 4.78 is 11.6. The standard InChI is InChI=1S/C18H16BrClO3/c1-2-22-18(21)10-6-13-5-9-17(16(20)11-13)23-12-14-3-7-15(19)8-4-14/h3-11H,2,12H2,1H3/b10-6+. The molecule has 0 aromatic heterocycles. The largest absolute Gasteiger partial charge is 0.487 e. The van der Waals surface area contributed by atoms with Crippen LogP contribution >= 0.6 is 27.5 Å². The SMILES string of the molecule is CCOC(=O)/C=C/c1ccc(OCc2ccc(Br)cc2)c(Cl)c1. The van der Waals surface area contributed by atoms with Gasteiger partial charge in [-0.3, -0.25) is 0 Å². The summed E-state index contributed by atoms with van der Waals surface area (Å²) in [6.45, 7) is 2.55. The Bertz CT molecular complexity index is 696. The summed E-state index contributed by atoms with van der Waals surface area (Å²) in [5, 5.41) is 0.494. The Labute approximate surface area is 149 Å². The van der Waals surface area contributed by atoms with Crippen molar-refractivity contribution in [3.05, 3.63) is 69.2 Å². The fourth-order valence-electron chi connectivity index (χ4n) is 1.83. The lowest BCUT2D eigenvalue weighted by atomic mass is 10.2. The Kier molecular flexibility index (Phi) is 6.68. The molecular formula is C18H16BrClO3. The Balaban J connectivity index is 1.99. The average Bonchev–Trinajstić information content (AvgIpc) is 2.54. The molecule has 0 atom stereocenters. The maximum atomic E-state index is 11.3. The first-order valence-corrected chi connectivity index (χ1v) is 8.27. The molecule has 0 heterocycles. The van der Waals surface area contributed by atoms with Crippen molar-refractivity contribution in [1.29, 1.82) is 0 Å². The summed E-state index contributed by atoms with van der Waals surface area (Å²) in [5.74, 6) is 0.224. The molecule has 0 saturated heterocycles. The third-order valence-electron chi connectivity index (χ3n) is 2.96. The molecule has 3 nitrogen and oxygen atoms in total. The van der Waals surface area contributed by atoms with Gasteiger partial charge in [-0.2, -0.15) is 0 Å². The molecule has 0 spiro atoms. The van der Waals surface area contributed by atoms with Crippen LogP contribution < -0.4 is 4.74 Å². The molecule has 2 aromatic rings. The number of rotatable bonds is 6. The molecule has 2 rings (SSSR count). The topological polar surface area (TPSA) is 35.5 Å². The van der Waals surface area contributed by atoms with Gasteiger partial charge in [0.05, 0.1) is 11.6 Å². The Morgan fingerprint density at radius 2 is 1.96 bits per heavy atom. The van der Waals surface area contributed by atoms with Crippen LogP contribution in [0.4, 0.5) is 0 Å². The van der Waals surface area contributed by atoms with E-state index in [-0.39, 0.29) is 5.97 Å². The Morgan fingerprint density at radius 3 is 2.61 bits per heavy atom. The van der Waals surface area contributed by atoms with Crippen molar-refractivity contribution < 1.29 is 14.3 Å². The molecule has 120 valence electrons. The van der Waals surface area contributed by atoms with Crippen molar-refractivity contribution in [1.82, 2.24) is 0 Å². The minimum atomic E-state index is -0.376. The zero-order chi connectivity index (χ0) is 16.7. The van der Waals surface area contributed by atoms with Gasteiger partial charge < -0.3 is 9.47 Å². The van der Waals surface area contributed by atoms with Gasteiger partial charge in [0.2, 0.25) is 0 Å². The van der Waals surface area contributed by atoms with Crippen LogP contribution in [0, 0.1) is 0 Å². The van der Waals surface area contributed by atoms with E-state index in [0.29, 0.717) is 24.0 Å². The third-order valence-corrected chi connectivity index (χ3v) is 3.79. The van der Waals surface area contributed by atoms with Gasteiger partial charge in [0.15, 0.2) is 0 Å². The summed E-state index contributed by atoms with van der Waals surface area (Å²) in [4.78, 5) is 11.3. The maximum Gasteiger partial charge on any atom is 0.330 e. The second-order valence-corrected chi connectivity index (χ2v) is 6.01. The second-order valence-electron chi connectivity index (χ2n) is 4.69. The number of hydrogen-bond donors (Lipinski definition) is 0. The van der Waals surface area contributed by atoms with E-state index in [0.717, 1.165) is 15.6 Å². The monoisotopic (exact) mass is 394 g/mol. The lowest BCUT2D eigenvalue weighted by Crippen LogP contribution is -1.98. The fourth-order valence-corrected chi connectivity index (χ4v) is 2.34. The molecule has 0 aliphatic heterocycles. The van der Waals surface area contributed by atoms with Crippen LogP contribution in [-0.2, 0) is 16.1 Å². The second kappa shape index (κ2) is 8.75. The number of ether oxygens (including phenoxy) is 2. The minimum absolute atomic E-state index is 0.354. The maximum absolute atomic E-state index is 11.3. The fraction of sp³-hybridized carbons (Fsp3) is 0.167. The van der Waals surface area contributed by atoms with E-state index in [1.54, 1.807) is 25.1 Å². The summed E-state index contributed by atoms with van der Waals surface area (Å²) in [6, 6.07) is 13.2. The first-order chi connectivity index (χ1) is 11.1. The number of benzene rings is 2. The summed E-state index contributed by atoms with van der Waals surface area (Å²) in [7, 11) is 0. The van der Waals surface area contributed by atoms with Gasteiger partial charge >= 0.3 is 5.97 Å². The molecular weight excluding hydrogens is 380 g/mol. The lowest BCUT2D eigenvalue weighted by Gasteiger charge is -2.09. The third kappa shape index (κ3) is 5.73. The smallest absolute Gasteiger partial charge is 0.330 e. The van der Waals surface area contributed by atoms with E-state index in [2.05, 4.69) is 15.9 Å². The van der Waals surface area contributed by atoms with Gasteiger partial charge in [-0.25, -0.2) is 4.79 Å². The number of hydrogen-bond acceptors (Lipinski definition) is 3. The van der Waals surface area contributed by atoms with Crippen LogP contribution in [0.25, 0.3) is 6.08 Å². The van der Waals surface area contributed by atoms with Crippen molar-refractivity contribution in [2.24, 2.45) is 0 Å². The highest BCUT2D eigenvalue weighted by molar-refractivity contribution is 9.10. The molecule has 5 heteroatoms. The first-order valence-electron chi connectivity index (χ1n) is 7.10. The van der Waals surface area contributed by atoms with Gasteiger partial charge in [0, 0.05) is 10.5 Å². The van der Waals surface area contributed by atoms with E-state index in [4.69, 9.17) is 21.1 Å². The molecule has 0 amide bonds. The van der Waals surface area contributed by atoms with Crippen molar-refractivity contribution in [3.8, 4) is 5.75 Å². The van der Waals surface area contributed by atoms with Crippen molar-refractivity contribution >= 4 is 39.6 Å². The predicted molar refractivity (Wildman–Crippen MR) is 95.6 cm³/mol. The van der Waals surface area contributed by atoms with Crippen LogP contribution in [0.3, 0.4) is 0 Å². The van der Waals surface area contributed by atoms with Crippen molar-refractivity contribution in [2.45, 2.75) is 13.5 Å². The van der Waals surface area contributed by atoms with Crippen LogP contribution in [0.15, 0.2) is 53.0 Å². The quantitative estimate of drug-likeness (QED) is 0.494. The Hall–Kier alpha value is -1.78. The molecule has 2 aromatic carbocycles. The zero-order valence-electron chi connectivity index (χ0n) is 12.6. The van der Waals surface area contributed by atoms with E-state index >= 15 is 0 Å². The van der Waals surface area contributed by atoms with Gasteiger partial charge in [-0.1, -0.05) is 45.7 Å². The van der Waals surface area contributed by atoms with E-state index in [9.17, 15) is 4.79 Å². The number of halogens is 2. The van der Waals surface area contributed by atoms with Crippen molar-refractivity contribution in [3.63, 3.8) is 0 Å². The van der Waals surface area contributed by atoms with Crippen molar-refractivity contribution in [2.75, 3.05) is 6.61 Å². The van der Waals surface area contributed by atoms with E-state index in [1.165, 1.54) is 6.08 Å². The highest BCUT2D eigenvalue weighted by Crippen LogP contribution is 2.27. The molecule has 0 N–H and O–H groups in total. The van der Waals surface area contributed by atoms with Gasteiger partial charge in [0.25, 0.3) is 0 Å². The van der Waals surface area contributed by atoms with E-state index in [1.807, 2.05) is 30.3 Å². The van der Waals surface area contributed by atoms with E-state index < -0.39 is 0 Å². The Morgan fingerprint density at radius 1 is 1.22 bits per heavy atom. The minimum Gasteiger partial charge on any atom is -0.487 e. The molecule has 23 heavy (non-hydrogen) atoms. The van der Waals surface area contributed by atoms with Gasteiger partial charge in [-0.15, -0.1) is 0 Å². The van der Waals surface area contributed by atoms with Crippen LogP contribution in [0.1, 0.15) is 18.1 Å². The molecule has 0 saturated carbocycles. The zero-order valence-corrected chi connectivity index (χ0v) is 14.9. The molecule has 0 aliphatic carbocycles. The highest BCUT2D eigenvalue weighted by Gasteiger charge is 2.03. The summed E-state index contributed by atoms with van der Waals surface area (Å²) in [6.07, 6.45) is 3.03. The lowest BCUT2D eigenvalue weighted by molar-refractivity contribution is -0.137. The normalized spacial score (nSPS) is 10.7.